The Morgan fingerprint density at radius 3 is 2.43 bits per heavy atom. The molecule has 1 aliphatic heterocycles. The van der Waals surface area contributed by atoms with E-state index in [1.165, 1.54) is 11.4 Å². The molecule has 0 spiro atoms. The fraction of sp³-hybridized carbons (Fsp3) is 0.846. The van der Waals surface area contributed by atoms with Crippen molar-refractivity contribution in [3.63, 3.8) is 0 Å². The molecule has 1 amide bonds. The minimum absolute atomic E-state index is 0.101. The van der Waals surface area contributed by atoms with E-state index in [-0.39, 0.29) is 18.4 Å². The number of ether oxygens (including phenoxy) is 1. The van der Waals surface area contributed by atoms with Crippen molar-refractivity contribution >= 4 is 21.9 Å². The van der Waals surface area contributed by atoms with Crippen molar-refractivity contribution in [1.29, 1.82) is 0 Å². The van der Waals surface area contributed by atoms with Crippen LogP contribution in [-0.4, -0.2) is 57.1 Å². The van der Waals surface area contributed by atoms with E-state index in [0.717, 1.165) is 6.26 Å². The zero-order valence-electron chi connectivity index (χ0n) is 13.0. The summed E-state index contributed by atoms with van der Waals surface area (Å²) in [5.74, 6) is -1.32. The summed E-state index contributed by atoms with van der Waals surface area (Å²) in [6, 6.07) is -0.712. The molecular weight excluding hydrogens is 296 g/mol. The number of esters is 1. The number of sulfonamides is 1. The van der Waals surface area contributed by atoms with Gasteiger partial charge < -0.3 is 10.1 Å². The summed E-state index contributed by atoms with van der Waals surface area (Å²) >= 11 is 0. The first-order valence-corrected chi connectivity index (χ1v) is 8.85. The molecule has 0 radical (unpaired) electrons. The van der Waals surface area contributed by atoms with Crippen LogP contribution in [0.25, 0.3) is 0 Å². The molecule has 1 aliphatic rings. The molecule has 0 aromatic rings. The second-order valence-electron chi connectivity index (χ2n) is 5.71. The van der Waals surface area contributed by atoms with E-state index in [0.29, 0.717) is 19.4 Å². The zero-order chi connectivity index (χ0) is 16.2. The third-order valence-corrected chi connectivity index (χ3v) is 4.91. The Morgan fingerprint density at radius 1 is 1.33 bits per heavy atom. The van der Waals surface area contributed by atoms with Gasteiger partial charge in [-0.1, -0.05) is 13.8 Å². The molecule has 1 rings (SSSR count). The number of carbonyl (C=O) groups is 2. The van der Waals surface area contributed by atoms with E-state index in [1.54, 1.807) is 0 Å². The van der Waals surface area contributed by atoms with Gasteiger partial charge in [-0.2, -0.15) is 0 Å². The van der Waals surface area contributed by atoms with Gasteiger partial charge in [-0.3, -0.25) is 4.79 Å². The first-order chi connectivity index (χ1) is 9.66. The number of piperidine rings is 1. The molecule has 1 heterocycles. The maximum absolute atomic E-state index is 12.3. The molecule has 122 valence electrons. The van der Waals surface area contributed by atoms with Gasteiger partial charge in [0.05, 0.1) is 19.3 Å². The molecular formula is C13H24N2O5S. The van der Waals surface area contributed by atoms with Gasteiger partial charge in [0.2, 0.25) is 15.9 Å². The molecule has 1 fully saturated rings. The highest BCUT2D eigenvalue weighted by molar-refractivity contribution is 7.88. The third-order valence-electron chi connectivity index (χ3n) is 3.64. The summed E-state index contributed by atoms with van der Waals surface area (Å²) in [6.45, 7) is 4.22. The highest BCUT2D eigenvalue weighted by atomic mass is 32.2. The number of carbonyl (C=O) groups excluding carboxylic acids is 2. The molecule has 8 heteroatoms. The SMILES string of the molecule is COC(=O)C(NC(=O)C1CCCN(S(C)(=O)=O)C1)C(C)C. The average molecular weight is 320 g/mol. The van der Waals surface area contributed by atoms with Crippen LogP contribution in [0.4, 0.5) is 0 Å². The lowest BCUT2D eigenvalue weighted by Crippen LogP contribution is -2.51. The number of hydrogen-bond donors (Lipinski definition) is 1. The Hall–Kier alpha value is -1.15. The van der Waals surface area contributed by atoms with Gasteiger partial charge in [0, 0.05) is 13.1 Å². The summed E-state index contributed by atoms with van der Waals surface area (Å²) < 4.78 is 29.1. The van der Waals surface area contributed by atoms with Crippen LogP contribution < -0.4 is 5.32 Å². The number of nitrogens with zero attached hydrogens (tertiary/aromatic N) is 1. The molecule has 0 bridgehead atoms. The number of hydrogen-bond acceptors (Lipinski definition) is 5. The first-order valence-electron chi connectivity index (χ1n) is 7.00. The largest absolute Gasteiger partial charge is 0.467 e. The summed E-state index contributed by atoms with van der Waals surface area (Å²) in [6.07, 6.45) is 2.39. The van der Waals surface area contributed by atoms with Crippen LogP contribution in [-0.2, 0) is 24.3 Å². The predicted octanol–water partition coefficient (Wildman–Crippen LogP) is -0.0282. The van der Waals surface area contributed by atoms with Crippen molar-refractivity contribution in [2.75, 3.05) is 26.5 Å². The zero-order valence-corrected chi connectivity index (χ0v) is 13.8. The van der Waals surface area contributed by atoms with Gasteiger partial charge in [-0.05, 0) is 18.8 Å². The van der Waals surface area contributed by atoms with Crippen LogP contribution in [0, 0.1) is 11.8 Å². The van der Waals surface area contributed by atoms with Crippen LogP contribution in [0.1, 0.15) is 26.7 Å². The fourth-order valence-electron chi connectivity index (χ4n) is 2.35. The van der Waals surface area contributed by atoms with Crippen LogP contribution in [0.3, 0.4) is 0 Å². The second-order valence-corrected chi connectivity index (χ2v) is 7.70. The molecule has 0 aliphatic carbocycles. The lowest BCUT2D eigenvalue weighted by molar-refractivity contribution is -0.147. The van der Waals surface area contributed by atoms with E-state index in [1.807, 2.05) is 13.8 Å². The van der Waals surface area contributed by atoms with Crippen LogP contribution in [0.5, 0.6) is 0 Å². The first kappa shape index (κ1) is 17.9. The maximum Gasteiger partial charge on any atom is 0.328 e. The third kappa shape index (κ3) is 4.96. The van der Waals surface area contributed by atoms with Gasteiger partial charge in [-0.15, -0.1) is 0 Å². The number of rotatable bonds is 5. The topological polar surface area (TPSA) is 92.8 Å². The van der Waals surface area contributed by atoms with E-state index >= 15 is 0 Å². The molecule has 2 unspecified atom stereocenters. The summed E-state index contributed by atoms with van der Waals surface area (Å²) in [4.78, 5) is 23.9. The molecule has 0 aromatic carbocycles. The minimum Gasteiger partial charge on any atom is -0.467 e. The van der Waals surface area contributed by atoms with E-state index in [9.17, 15) is 18.0 Å². The van der Waals surface area contributed by atoms with E-state index < -0.39 is 28.0 Å². The molecule has 0 saturated carbocycles. The van der Waals surface area contributed by atoms with Gasteiger partial charge in [-0.25, -0.2) is 17.5 Å². The predicted molar refractivity (Wildman–Crippen MR) is 77.9 cm³/mol. The highest BCUT2D eigenvalue weighted by Gasteiger charge is 2.33. The van der Waals surface area contributed by atoms with Gasteiger partial charge >= 0.3 is 5.97 Å². The average Bonchev–Trinajstić information content (AvgIpc) is 2.42. The molecule has 0 aromatic heterocycles. The molecule has 1 N–H and O–H groups in total. The summed E-state index contributed by atoms with van der Waals surface area (Å²) in [5.41, 5.74) is 0. The van der Waals surface area contributed by atoms with E-state index in [4.69, 9.17) is 0 Å². The van der Waals surface area contributed by atoms with Gasteiger partial charge in [0.25, 0.3) is 0 Å². The smallest absolute Gasteiger partial charge is 0.328 e. The molecule has 7 nitrogen and oxygen atoms in total. The molecule has 1 saturated heterocycles. The standard InChI is InChI=1S/C13H24N2O5S/c1-9(2)11(13(17)20-3)14-12(16)10-6-5-7-15(8-10)21(4,18)19/h9-11H,5-8H2,1-4H3,(H,14,16). The number of methoxy groups -OCH3 is 1. The Bertz CT molecular complexity index is 489. The summed E-state index contributed by atoms with van der Waals surface area (Å²) in [5, 5.41) is 2.67. The number of nitrogens with one attached hydrogen (secondary N) is 1. The van der Waals surface area contributed by atoms with Crippen molar-refractivity contribution in [3.05, 3.63) is 0 Å². The second kappa shape index (κ2) is 7.22. The van der Waals surface area contributed by atoms with Gasteiger partial charge in [0.15, 0.2) is 0 Å². The van der Waals surface area contributed by atoms with Gasteiger partial charge in [0.1, 0.15) is 6.04 Å². The molecule has 21 heavy (non-hydrogen) atoms. The maximum atomic E-state index is 12.3. The van der Waals surface area contributed by atoms with E-state index in [2.05, 4.69) is 10.1 Å². The van der Waals surface area contributed by atoms with Crippen molar-refractivity contribution in [2.45, 2.75) is 32.7 Å². The lowest BCUT2D eigenvalue weighted by atomic mass is 9.97. The van der Waals surface area contributed by atoms with Crippen molar-refractivity contribution < 1.29 is 22.7 Å². The Morgan fingerprint density at radius 2 is 1.95 bits per heavy atom. The van der Waals surface area contributed by atoms with Crippen molar-refractivity contribution in [3.8, 4) is 0 Å². The van der Waals surface area contributed by atoms with Crippen molar-refractivity contribution in [1.82, 2.24) is 9.62 Å². The normalized spacial score (nSPS) is 21.9. The summed E-state index contributed by atoms with van der Waals surface area (Å²) in [7, 11) is -2.02. The Balaban J connectivity index is 2.72. The molecule has 2 atom stereocenters. The Kier molecular flexibility index (Phi) is 6.15. The number of amides is 1. The lowest BCUT2D eigenvalue weighted by Gasteiger charge is -2.31. The minimum atomic E-state index is -3.30. The Labute approximate surface area is 126 Å². The van der Waals surface area contributed by atoms with Crippen LogP contribution >= 0.6 is 0 Å². The fourth-order valence-corrected chi connectivity index (χ4v) is 3.26. The monoisotopic (exact) mass is 320 g/mol. The van der Waals surface area contributed by atoms with Crippen LogP contribution in [0.15, 0.2) is 0 Å². The van der Waals surface area contributed by atoms with Crippen molar-refractivity contribution in [2.24, 2.45) is 11.8 Å². The highest BCUT2D eigenvalue weighted by Crippen LogP contribution is 2.19. The van der Waals surface area contributed by atoms with Crippen LogP contribution in [0.2, 0.25) is 0 Å². The quantitative estimate of drug-likeness (QED) is 0.718.